The van der Waals surface area contributed by atoms with Crippen LogP contribution >= 0.6 is 37.9 Å². The molecule has 0 aromatic rings. The molecule has 3 N–H and O–H groups in total. The molecule has 6 nitrogen and oxygen atoms in total. The molecule has 0 aliphatic rings. The Morgan fingerprint density at radius 3 is 0.841 bits per heavy atom. The van der Waals surface area contributed by atoms with Crippen molar-refractivity contribution in [3.05, 3.63) is 0 Å². The topological polar surface area (TPSA) is 112 Å². The number of carboxylic acids is 3. The van der Waals surface area contributed by atoms with Gasteiger partial charge in [0.25, 0.3) is 0 Å². The van der Waals surface area contributed by atoms with Crippen molar-refractivity contribution in [3.63, 3.8) is 0 Å². The van der Waals surface area contributed by atoms with E-state index in [0.717, 1.165) is 56.3 Å². The number of rotatable bonds is 23. The van der Waals surface area contributed by atoms with E-state index in [1.165, 1.54) is 78.3 Å². The molecule has 44 heavy (non-hydrogen) atoms. The van der Waals surface area contributed by atoms with Crippen LogP contribution < -0.4 is 0 Å². The van der Waals surface area contributed by atoms with Gasteiger partial charge in [-0.1, -0.05) is 119 Å². The van der Waals surface area contributed by atoms with E-state index in [4.69, 9.17) is 15.3 Å². The molecule has 0 aromatic heterocycles. The molecule has 10 heteroatoms. The zero-order valence-corrected chi connectivity index (χ0v) is 35.2. The van der Waals surface area contributed by atoms with Gasteiger partial charge >= 0.3 is 64.6 Å². The summed E-state index contributed by atoms with van der Waals surface area (Å²) < 4.78 is 1.47. The second kappa shape index (κ2) is 37.7. The van der Waals surface area contributed by atoms with Crippen LogP contribution in [-0.2, 0) is 14.4 Å². The van der Waals surface area contributed by atoms with E-state index < -0.39 is 33.7 Å². The van der Waals surface area contributed by atoms with E-state index in [0.29, 0.717) is 19.3 Å². The molecular formula is C34H70O6S3Sn. The zero-order chi connectivity index (χ0) is 34.9. The second-order valence-electron chi connectivity index (χ2n) is 12.8. The van der Waals surface area contributed by atoms with Crippen LogP contribution in [0.4, 0.5) is 0 Å². The number of thiol groups is 3. The fourth-order valence-corrected chi connectivity index (χ4v) is 5.49. The van der Waals surface area contributed by atoms with E-state index in [2.05, 4.69) is 86.4 Å². The number of hydrogen-bond acceptors (Lipinski definition) is 6. The molecule has 264 valence electrons. The van der Waals surface area contributed by atoms with Gasteiger partial charge in [0.15, 0.2) is 0 Å². The van der Waals surface area contributed by atoms with E-state index in [9.17, 15) is 14.4 Å². The summed E-state index contributed by atoms with van der Waals surface area (Å²) in [5.74, 6) is -0.129. The van der Waals surface area contributed by atoms with Gasteiger partial charge < -0.3 is 15.3 Å². The molecule has 0 amide bonds. The number of unbranched alkanes of at least 4 members (excludes halogenated alkanes) is 7. The van der Waals surface area contributed by atoms with Gasteiger partial charge in [-0.2, -0.15) is 37.9 Å². The normalized spacial score (nSPS) is 12.7. The molecule has 0 spiro atoms. The Labute approximate surface area is 301 Å². The van der Waals surface area contributed by atoms with Gasteiger partial charge in [-0.25, -0.2) is 0 Å². The molecular weight excluding hydrogens is 719 g/mol. The Bertz CT molecular complexity index is 568. The summed E-state index contributed by atoms with van der Waals surface area (Å²) in [6.45, 7) is 15.5. The summed E-state index contributed by atoms with van der Waals surface area (Å²) in [7, 11) is 0. The molecule has 0 aromatic carbocycles. The molecule has 0 rings (SSSR count). The molecule has 2 radical (unpaired) electrons. The number of carbonyl (C=O) groups is 3. The fourth-order valence-electron chi connectivity index (χ4n) is 3.78. The molecule has 0 bridgehead atoms. The summed E-state index contributed by atoms with van der Waals surface area (Å²) in [6, 6.07) is 0. The zero-order valence-electron chi connectivity index (χ0n) is 29.2. The van der Waals surface area contributed by atoms with E-state index in [1.807, 2.05) is 0 Å². The summed E-state index contributed by atoms with van der Waals surface area (Å²) >= 11 is 13.4. The van der Waals surface area contributed by atoms with Gasteiger partial charge in [-0.05, 0) is 37.0 Å². The molecule has 0 aliphatic heterocycles. The quantitative estimate of drug-likeness (QED) is 0.0349. The number of hydrogen-bond donors (Lipinski definition) is 6. The molecule has 0 heterocycles. The maximum absolute atomic E-state index is 10.4. The summed E-state index contributed by atoms with van der Waals surface area (Å²) in [5, 5.41) is 24.2. The Balaban J connectivity index is -0.000000253. The van der Waals surface area contributed by atoms with Gasteiger partial charge in [0.1, 0.15) is 0 Å². The first-order chi connectivity index (χ1) is 20.5. The summed E-state index contributed by atoms with van der Waals surface area (Å²) in [5.41, 5.74) is 0. The van der Waals surface area contributed by atoms with Crippen molar-refractivity contribution >= 4 is 78.3 Å². The van der Waals surface area contributed by atoms with Crippen molar-refractivity contribution in [2.75, 3.05) is 0 Å². The number of carboxylic acid groups (broad SMARTS) is 3. The van der Waals surface area contributed by atoms with E-state index in [1.54, 1.807) is 0 Å². The van der Waals surface area contributed by atoms with Crippen LogP contribution in [0.3, 0.4) is 0 Å². The maximum atomic E-state index is 10.4. The fraction of sp³-hybridized carbons (Fsp3) is 0.912. The minimum absolute atomic E-state index is 0.473. The van der Waals surface area contributed by atoms with Crippen molar-refractivity contribution in [3.8, 4) is 0 Å². The van der Waals surface area contributed by atoms with Crippen LogP contribution in [0.15, 0.2) is 0 Å². The van der Waals surface area contributed by atoms with Crippen molar-refractivity contribution in [2.24, 2.45) is 17.8 Å². The second-order valence-corrected chi connectivity index (χ2v) is 16.3. The monoisotopic (exact) mass is 790 g/mol. The van der Waals surface area contributed by atoms with Crippen molar-refractivity contribution in [2.45, 2.75) is 178 Å². The molecule has 3 atom stereocenters. The molecule has 0 saturated heterocycles. The predicted octanol–water partition coefficient (Wildman–Crippen LogP) is 10.0. The molecule has 3 unspecified atom stereocenters. The van der Waals surface area contributed by atoms with Crippen molar-refractivity contribution in [1.29, 1.82) is 0 Å². The summed E-state index contributed by atoms with van der Waals surface area (Å²) in [4.78, 5) is 31.2. The Kier molecular flexibility index (Phi) is 43.8. The van der Waals surface area contributed by atoms with Crippen LogP contribution in [0.2, 0.25) is 4.44 Å². The Morgan fingerprint density at radius 1 is 0.477 bits per heavy atom. The van der Waals surface area contributed by atoms with E-state index in [-0.39, 0.29) is 0 Å². The third kappa shape index (κ3) is 49.1. The van der Waals surface area contributed by atoms with Crippen molar-refractivity contribution in [1.82, 2.24) is 0 Å². The van der Waals surface area contributed by atoms with Gasteiger partial charge in [-0.15, -0.1) is 0 Å². The van der Waals surface area contributed by atoms with Crippen molar-refractivity contribution < 1.29 is 29.7 Å². The van der Waals surface area contributed by atoms with E-state index >= 15 is 0 Å². The van der Waals surface area contributed by atoms with Crippen LogP contribution in [0, 0.1) is 17.8 Å². The van der Waals surface area contributed by atoms with Crippen LogP contribution in [0.25, 0.3) is 0 Å². The average molecular weight is 790 g/mol. The molecule has 0 aliphatic carbocycles. The first-order valence-electron chi connectivity index (χ1n) is 17.0. The molecule has 0 saturated carbocycles. The SMILES string of the molecule is CC(C)CCCCCC(S)C(=O)O.CC(C)CCCCCC(S)C(=O)O.CC(C)CCCCCC(S)C(=O)O.CCC[CH2][SnH]. The van der Waals surface area contributed by atoms with Gasteiger partial charge in [0, 0.05) is 0 Å². The van der Waals surface area contributed by atoms with Gasteiger partial charge in [0.2, 0.25) is 0 Å². The first kappa shape index (κ1) is 51.1. The molecule has 0 fully saturated rings. The minimum atomic E-state index is -0.799. The summed E-state index contributed by atoms with van der Waals surface area (Å²) in [6.07, 6.45) is 18.6. The number of aliphatic carboxylic acids is 3. The third-order valence-electron chi connectivity index (χ3n) is 6.69. The Morgan fingerprint density at radius 2 is 0.705 bits per heavy atom. The Hall–Kier alpha value is 0.259. The average Bonchev–Trinajstić information content (AvgIpc) is 2.93. The standard InChI is InChI=1S/3C10H20O2S.C4H9.Sn.H/c3*1-8(2)6-4-3-5-7-9(13)10(11)12;1-3-4-2;;/h3*8-9,13H,3-7H2,1-2H3,(H,11,12);1,3-4H2,2H3;;. The van der Waals surface area contributed by atoms with Crippen LogP contribution in [0.1, 0.15) is 158 Å². The third-order valence-corrected chi connectivity index (χ3v) is 9.29. The van der Waals surface area contributed by atoms with Gasteiger partial charge in [0.05, 0.1) is 15.7 Å². The predicted molar refractivity (Wildman–Crippen MR) is 202 cm³/mol. The van der Waals surface area contributed by atoms with Crippen LogP contribution in [-0.4, -0.2) is 71.5 Å². The van der Waals surface area contributed by atoms with Gasteiger partial charge in [-0.3, -0.25) is 14.4 Å². The van der Waals surface area contributed by atoms with Crippen LogP contribution in [0.5, 0.6) is 0 Å². The first-order valence-corrected chi connectivity index (χ1v) is 20.8.